The average molecular weight is 417 g/mol. The molecular weight excluding hydrogens is 394 g/mol. The van der Waals surface area contributed by atoms with Gasteiger partial charge < -0.3 is 20.7 Å². The summed E-state index contributed by atoms with van der Waals surface area (Å²) in [5.41, 5.74) is 7.93. The molecule has 6 heteroatoms. The molecular formula is C25H23NO5. The first-order valence-electron chi connectivity index (χ1n) is 10.0. The Balaban J connectivity index is 1.54. The summed E-state index contributed by atoms with van der Waals surface area (Å²) in [6, 6.07) is 23.1. The summed E-state index contributed by atoms with van der Waals surface area (Å²) in [6.07, 6.45) is 0.00777. The lowest BCUT2D eigenvalue weighted by atomic mass is 9.89. The largest absolute Gasteiger partial charge is 0.479 e. The Morgan fingerprint density at radius 3 is 1.97 bits per heavy atom. The Morgan fingerprint density at radius 1 is 0.903 bits per heavy atom. The second kappa shape index (κ2) is 8.34. The minimum Gasteiger partial charge on any atom is -0.479 e. The number of carboxylic acids is 1. The maximum Gasteiger partial charge on any atom is 0.351 e. The summed E-state index contributed by atoms with van der Waals surface area (Å²) < 4.78 is 5.38. The zero-order valence-corrected chi connectivity index (χ0v) is 16.8. The summed E-state index contributed by atoms with van der Waals surface area (Å²) >= 11 is 0. The molecule has 6 nitrogen and oxygen atoms in total. The van der Waals surface area contributed by atoms with Crippen LogP contribution >= 0.6 is 0 Å². The molecule has 0 fully saturated rings. The predicted molar refractivity (Wildman–Crippen MR) is 115 cm³/mol. The smallest absolute Gasteiger partial charge is 0.351 e. The van der Waals surface area contributed by atoms with Crippen molar-refractivity contribution in [2.45, 2.75) is 24.0 Å². The molecule has 0 saturated carbocycles. The first-order valence-corrected chi connectivity index (χ1v) is 10.0. The minimum absolute atomic E-state index is 0.00777. The summed E-state index contributed by atoms with van der Waals surface area (Å²) in [6.45, 7) is -0.0967. The normalized spacial score (nSPS) is 15.4. The standard InChI is InChI=1S/C25H23NO5/c26-22(14-16-8-2-1-3-9-16)25(30,23(27)28)24(29)31-15-21-19-12-6-4-10-17(19)18-11-5-7-13-20(18)21/h1-13,21-22,30H,14-15,26H2,(H,27,28)/t22-,25-/m0/s1. The van der Waals surface area contributed by atoms with Gasteiger partial charge in [0, 0.05) is 5.92 Å². The highest BCUT2D eigenvalue weighted by Gasteiger charge is 2.51. The lowest BCUT2D eigenvalue weighted by molar-refractivity contribution is -0.182. The van der Waals surface area contributed by atoms with Crippen LogP contribution in [0.3, 0.4) is 0 Å². The molecule has 4 rings (SSSR count). The van der Waals surface area contributed by atoms with Crippen LogP contribution < -0.4 is 5.73 Å². The molecule has 0 unspecified atom stereocenters. The van der Waals surface area contributed by atoms with Gasteiger partial charge in [-0.05, 0) is 34.2 Å². The van der Waals surface area contributed by atoms with E-state index >= 15 is 0 Å². The quantitative estimate of drug-likeness (QED) is 0.403. The maximum absolute atomic E-state index is 12.8. The van der Waals surface area contributed by atoms with Gasteiger partial charge in [0.05, 0.1) is 6.04 Å². The van der Waals surface area contributed by atoms with Crippen LogP contribution in [0.2, 0.25) is 0 Å². The van der Waals surface area contributed by atoms with Crippen molar-refractivity contribution in [1.82, 2.24) is 0 Å². The zero-order valence-electron chi connectivity index (χ0n) is 16.8. The van der Waals surface area contributed by atoms with Crippen molar-refractivity contribution in [2.75, 3.05) is 6.61 Å². The summed E-state index contributed by atoms with van der Waals surface area (Å²) in [5, 5.41) is 20.4. The number of carbonyl (C=O) groups is 2. The van der Waals surface area contributed by atoms with Crippen molar-refractivity contribution in [2.24, 2.45) is 5.73 Å². The molecule has 2 atom stereocenters. The summed E-state index contributed by atoms with van der Waals surface area (Å²) in [7, 11) is 0. The molecule has 158 valence electrons. The third-order valence-electron chi connectivity index (χ3n) is 5.82. The van der Waals surface area contributed by atoms with Crippen LogP contribution in [0.1, 0.15) is 22.6 Å². The van der Waals surface area contributed by atoms with E-state index in [1.54, 1.807) is 24.3 Å². The Bertz CT molecular complexity index is 1070. The van der Waals surface area contributed by atoms with Gasteiger partial charge in [0.15, 0.2) is 0 Å². The molecule has 0 bridgehead atoms. The van der Waals surface area contributed by atoms with Crippen molar-refractivity contribution in [1.29, 1.82) is 0 Å². The molecule has 3 aromatic carbocycles. The third-order valence-corrected chi connectivity index (χ3v) is 5.82. The second-order valence-electron chi connectivity index (χ2n) is 7.69. The van der Waals surface area contributed by atoms with E-state index in [1.165, 1.54) is 0 Å². The van der Waals surface area contributed by atoms with Gasteiger partial charge in [-0.2, -0.15) is 0 Å². The van der Waals surface area contributed by atoms with Gasteiger partial charge in [0.1, 0.15) is 6.61 Å². The number of fused-ring (bicyclic) bond motifs is 3. The highest BCUT2D eigenvalue weighted by molar-refractivity contribution is 6.03. The summed E-state index contributed by atoms with van der Waals surface area (Å²) in [4.78, 5) is 24.6. The van der Waals surface area contributed by atoms with E-state index in [4.69, 9.17) is 10.5 Å². The first kappa shape index (κ1) is 20.8. The monoisotopic (exact) mass is 417 g/mol. The van der Waals surface area contributed by atoms with Crippen LogP contribution in [0.15, 0.2) is 78.9 Å². The Morgan fingerprint density at radius 2 is 1.42 bits per heavy atom. The number of carbonyl (C=O) groups excluding carboxylic acids is 1. The molecule has 3 aromatic rings. The number of esters is 1. The number of ether oxygens (including phenoxy) is 1. The zero-order chi connectivity index (χ0) is 22.0. The molecule has 0 aliphatic heterocycles. The Kier molecular flexibility index (Phi) is 5.59. The van der Waals surface area contributed by atoms with Crippen LogP contribution in [0, 0.1) is 0 Å². The number of hydrogen-bond acceptors (Lipinski definition) is 5. The highest BCUT2D eigenvalue weighted by Crippen LogP contribution is 2.44. The second-order valence-corrected chi connectivity index (χ2v) is 7.69. The van der Waals surface area contributed by atoms with Crippen LogP contribution in [0.4, 0.5) is 0 Å². The van der Waals surface area contributed by atoms with E-state index in [2.05, 4.69) is 0 Å². The number of nitrogens with two attached hydrogens (primary N) is 1. The lowest BCUT2D eigenvalue weighted by Crippen LogP contribution is -2.61. The third kappa shape index (κ3) is 3.71. The fourth-order valence-corrected chi connectivity index (χ4v) is 4.12. The van der Waals surface area contributed by atoms with Crippen molar-refractivity contribution >= 4 is 11.9 Å². The van der Waals surface area contributed by atoms with E-state index in [9.17, 15) is 19.8 Å². The molecule has 0 saturated heterocycles. The predicted octanol–water partition coefficient (Wildman–Crippen LogP) is 2.73. The van der Waals surface area contributed by atoms with Crippen molar-refractivity contribution in [3.05, 3.63) is 95.6 Å². The molecule has 4 N–H and O–H groups in total. The number of aliphatic hydroxyl groups is 1. The van der Waals surface area contributed by atoms with Crippen LogP contribution in [0.25, 0.3) is 11.1 Å². The molecule has 0 spiro atoms. The van der Waals surface area contributed by atoms with Crippen LogP contribution in [-0.4, -0.2) is 40.4 Å². The van der Waals surface area contributed by atoms with Gasteiger partial charge in [0.2, 0.25) is 0 Å². The molecule has 31 heavy (non-hydrogen) atoms. The fourth-order valence-electron chi connectivity index (χ4n) is 4.12. The van der Waals surface area contributed by atoms with E-state index in [1.807, 2.05) is 54.6 Å². The lowest BCUT2D eigenvalue weighted by Gasteiger charge is -2.28. The molecule has 0 heterocycles. The van der Waals surface area contributed by atoms with Gasteiger partial charge >= 0.3 is 11.9 Å². The van der Waals surface area contributed by atoms with Crippen LogP contribution in [-0.2, 0) is 20.7 Å². The molecule has 0 amide bonds. The topological polar surface area (TPSA) is 110 Å². The molecule has 1 aliphatic carbocycles. The SMILES string of the molecule is N[C@@H](Cc1ccccc1)[C@](O)(C(=O)O)C(=O)OCC1c2ccccc2-c2ccccc21. The van der Waals surface area contributed by atoms with Gasteiger partial charge in [-0.25, -0.2) is 9.59 Å². The van der Waals surface area contributed by atoms with E-state index in [-0.39, 0.29) is 18.9 Å². The number of hydrogen-bond donors (Lipinski definition) is 3. The Hall–Kier alpha value is -3.48. The number of rotatable bonds is 7. The van der Waals surface area contributed by atoms with Gasteiger partial charge in [-0.3, -0.25) is 0 Å². The number of aliphatic carboxylic acids is 1. The molecule has 0 aromatic heterocycles. The molecule has 0 radical (unpaired) electrons. The maximum atomic E-state index is 12.8. The van der Waals surface area contributed by atoms with Crippen molar-refractivity contribution in [3.63, 3.8) is 0 Å². The minimum atomic E-state index is -2.85. The molecule has 1 aliphatic rings. The average Bonchev–Trinajstić information content (AvgIpc) is 3.11. The van der Waals surface area contributed by atoms with Crippen LogP contribution in [0.5, 0.6) is 0 Å². The van der Waals surface area contributed by atoms with E-state index in [0.717, 1.165) is 22.3 Å². The number of carboxylic acid groups (broad SMARTS) is 1. The highest BCUT2D eigenvalue weighted by atomic mass is 16.6. The van der Waals surface area contributed by atoms with Gasteiger partial charge in [-0.1, -0.05) is 78.9 Å². The van der Waals surface area contributed by atoms with Gasteiger partial charge in [0.25, 0.3) is 5.60 Å². The van der Waals surface area contributed by atoms with E-state index < -0.39 is 23.6 Å². The fraction of sp³-hybridized carbons (Fsp3) is 0.200. The van der Waals surface area contributed by atoms with Crippen molar-refractivity contribution < 1.29 is 24.5 Å². The first-order chi connectivity index (χ1) is 14.9. The van der Waals surface area contributed by atoms with Crippen molar-refractivity contribution in [3.8, 4) is 11.1 Å². The number of benzene rings is 3. The van der Waals surface area contributed by atoms with Gasteiger partial charge in [-0.15, -0.1) is 0 Å². The summed E-state index contributed by atoms with van der Waals surface area (Å²) in [5.74, 6) is -3.24. The van der Waals surface area contributed by atoms with E-state index in [0.29, 0.717) is 5.56 Å². The Labute approximate surface area is 179 Å².